The van der Waals surface area contributed by atoms with E-state index in [1.807, 2.05) is 6.92 Å². The summed E-state index contributed by atoms with van der Waals surface area (Å²) in [6.45, 7) is 1.95. The minimum absolute atomic E-state index is 0.00107. The smallest absolute Gasteiger partial charge is 0.328 e. The molecule has 3 N–H and O–H groups in total. The fourth-order valence-corrected chi connectivity index (χ4v) is 3.44. The number of halogens is 2. The van der Waals surface area contributed by atoms with Crippen LogP contribution >= 0.6 is 11.6 Å². The summed E-state index contributed by atoms with van der Waals surface area (Å²) in [5.41, 5.74) is 6.41. The highest BCUT2D eigenvalue weighted by Crippen LogP contribution is 2.19. The average Bonchev–Trinajstić information content (AvgIpc) is 2.88. The van der Waals surface area contributed by atoms with Crippen molar-refractivity contribution >= 4 is 39.4 Å². The van der Waals surface area contributed by atoms with Gasteiger partial charge < -0.3 is 10.7 Å². The molecule has 3 rings (SSSR count). The number of hydrogen-bond acceptors (Lipinski definition) is 5. The van der Waals surface area contributed by atoms with Gasteiger partial charge in [0.2, 0.25) is 5.16 Å². The maximum atomic E-state index is 13.6. The normalized spacial score (nSPS) is 12.6. The number of nitrogens with zero attached hydrogens (tertiary/aromatic N) is 3. The SMILES string of the molecule is CCCS(=O)c1nc(N)c2[nH]c(=O)n(Cc3ccc(Cl)c(F)c3)c2n1. The predicted molar refractivity (Wildman–Crippen MR) is 94.6 cm³/mol. The topological polar surface area (TPSA) is 107 Å². The molecule has 0 bridgehead atoms. The Morgan fingerprint density at radius 3 is 2.84 bits per heavy atom. The van der Waals surface area contributed by atoms with Crippen LogP contribution in [0.5, 0.6) is 0 Å². The monoisotopic (exact) mass is 383 g/mol. The molecule has 0 aliphatic carbocycles. The maximum absolute atomic E-state index is 13.6. The van der Waals surface area contributed by atoms with Gasteiger partial charge in [-0.1, -0.05) is 24.6 Å². The molecule has 0 fully saturated rings. The van der Waals surface area contributed by atoms with E-state index in [0.717, 1.165) is 0 Å². The highest BCUT2D eigenvalue weighted by Gasteiger charge is 2.17. The number of H-pyrrole nitrogens is 1. The third-order valence-electron chi connectivity index (χ3n) is 3.55. The standard InChI is InChI=1S/C15H15ClFN5O2S/c1-2-5-25(24)14-20-12(18)11-13(21-14)22(15(23)19-11)7-8-3-4-9(16)10(17)6-8/h3-4,6H,2,5,7H2,1H3,(H,19,23)(H2,18,20,21). The predicted octanol–water partition coefficient (Wildman–Crippen LogP) is 2.06. The Bertz CT molecular complexity index is 1030. The highest BCUT2D eigenvalue weighted by atomic mass is 35.5. The van der Waals surface area contributed by atoms with Crippen LogP contribution in [0.4, 0.5) is 10.2 Å². The van der Waals surface area contributed by atoms with E-state index in [1.165, 1.54) is 16.7 Å². The molecule has 0 saturated carbocycles. The summed E-state index contributed by atoms with van der Waals surface area (Å²) in [6.07, 6.45) is 0.692. The molecule has 0 amide bonds. The van der Waals surface area contributed by atoms with Gasteiger partial charge in [0, 0.05) is 5.75 Å². The molecule has 3 aromatic rings. The number of rotatable bonds is 5. The van der Waals surface area contributed by atoms with Gasteiger partial charge in [-0.2, -0.15) is 0 Å². The van der Waals surface area contributed by atoms with Crippen molar-refractivity contribution in [2.45, 2.75) is 25.0 Å². The van der Waals surface area contributed by atoms with Gasteiger partial charge in [-0.25, -0.2) is 19.2 Å². The van der Waals surface area contributed by atoms with Crippen molar-refractivity contribution in [3.8, 4) is 0 Å². The first-order valence-corrected chi connectivity index (χ1v) is 9.18. The fourth-order valence-electron chi connectivity index (χ4n) is 2.38. The van der Waals surface area contributed by atoms with Crippen LogP contribution in [0.1, 0.15) is 18.9 Å². The van der Waals surface area contributed by atoms with Crippen molar-refractivity contribution in [1.82, 2.24) is 19.5 Å². The van der Waals surface area contributed by atoms with E-state index < -0.39 is 22.3 Å². The maximum Gasteiger partial charge on any atom is 0.328 e. The second kappa shape index (κ2) is 6.93. The van der Waals surface area contributed by atoms with E-state index in [1.54, 1.807) is 6.07 Å². The third kappa shape index (κ3) is 3.42. The zero-order valence-electron chi connectivity index (χ0n) is 13.3. The molecule has 25 heavy (non-hydrogen) atoms. The molecule has 2 aromatic heterocycles. The Kier molecular flexibility index (Phi) is 4.87. The number of aromatic nitrogens is 4. The van der Waals surface area contributed by atoms with Crippen molar-refractivity contribution < 1.29 is 8.60 Å². The molecule has 132 valence electrons. The van der Waals surface area contributed by atoms with Gasteiger partial charge in [0.15, 0.2) is 11.5 Å². The zero-order valence-corrected chi connectivity index (χ0v) is 14.8. The number of aromatic amines is 1. The average molecular weight is 384 g/mol. The summed E-state index contributed by atoms with van der Waals surface area (Å²) in [5.74, 6) is -0.143. The van der Waals surface area contributed by atoms with Crippen molar-refractivity contribution in [1.29, 1.82) is 0 Å². The van der Waals surface area contributed by atoms with Crippen LogP contribution in [0.2, 0.25) is 5.02 Å². The second-order valence-corrected chi connectivity index (χ2v) is 7.28. The van der Waals surface area contributed by atoms with E-state index in [2.05, 4.69) is 15.0 Å². The quantitative estimate of drug-likeness (QED) is 0.656. The van der Waals surface area contributed by atoms with E-state index in [9.17, 15) is 13.4 Å². The summed E-state index contributed by atoms with van der Waals surface area (Å²) in [4.78, 5) is 23.1. The first-order chi connectivity index (χ1) is 11.9. The molecule has 0 spiro atoms. The molecule has 1 aromatic carbocycles. The molecule has 1 unspecified atom stereocenters. The Morgan fingerprint density at radius 2 is 2.16 bits per heavy atom. The van der Waals surface area contributed by atoms with Gasteiger partial charge in [-0.3, -0.25) is 8.78 Å². The van der Waals surface area contributed by atoms with Gasteiger partial charge >= 0.3 is 5.69 Å². The van der Waals surface area contributed by atoms with Crippen LogP contribution < -0.4 is 11.4 Å². The van der Waals surface area contributed by atoms with Crippen LogP contribution in [0, 0.1) is 5.82 Å². The van der Waals surface area contributed by atoms with Crippen molar-refractivity contribution in [2.24, 2.45) is 0 Å². The van der Waals surface area contributed by atoms with E-state index >= 15 is 0 Å². The molecule has 7 nitrogen and oxygen atoms in total. The van der Waals surface area contributed by atoms with E-state index in [-0.39, 0.29) is 33.7 Å². The van der Waals surface area contributed by atoms with Gasteiger partial charge in [-0.15, -0.1) is 0 Å². The minimum Gasteiger partial charge on any atom is -0.382 e. The summed E-state index contributed by atoms with van der Waals surface area (Å²) in [6, 6.07) is 4.27. The van der Waals surface area contributed by atoms with E-state index in [4.69, 9.17) is 17.3 Å². The lowest BCUT2D eigenvalue weighted by Crippen LogP contribution is -2.18. The number of imidazole rings is 1. The summed E-state index contributed by atoms with van der Waals surface area (Å²) >= 11 is 5.67. The number of hydrogen-bond donors (Lipinski definition) is 2. The summed E-state index contributed by atoms with van der Waals surface area (Å²) in [5, 5.41) is 0.0701. The van der Waals surface area contributed by atoms with Crippen LogP contribution in [0.3, 0.4) is 0 Å². The van der Waals surface area contributed by atoms with Gasteiger partial charge in [-0.05, 0) is 24.1 Å². The van der Waals surface area contributed by atoms with Crippen LogP contribution in [-0.4, -0.2) is 29.5 Å². The van der Waals surface area contributed by atoms with Crippen LogP contribution in [0.15, 0.2) is 28.2 Å². The Balaban J connectivity index is 2.10. The van der Waals surface area contributed by atoms with Crippen molar-refractivity contribution in [3.63, 3.8) is 0 Å². The Hall–Kier alpha value is -2.26. The molecule has 0 saturated heterocycles. The number of nitrogens with two attached hydrogens (primary N) is 1. The first-order valence-electron chi connectivity index (χ1n) is 7.49. The van der Waals surface area contributed by atoms with E-state index in [0.29, 0.717) is 17.7 Å². The lowest BCUT2D eigenvalue weighted by molar-refractivity contribution is 0.623. The minimum atomic E-state index is -1.41. The third-order valence-corrected chi connectivity index (χ3v) is 5.22. The van der Waals surface area contributed by atoms with Crippen LogP contribution in [-0.2, 0) is 17.3 Å². The number of nitrogen functional groups attached to an aromatic ring is 1. The lowest BCUT2D eigenvalue weighted by Gasteiger charge is -2.06. The zero-order chi connectivity index (χ0) is 18.1. The van der Waals surface area contributed by atoms with Gasteiger partial charge in [0.05, 0.1) is 22.4 Å². The highest BCUT2D eigenvalue weighted by molar-refractivity contribution is 7.84. The molecule has 2 heterocycles. The molecular weight excluding hydrogens is 369 g/mol. The largest absolute Gasteiger partial charge is 0.382 e. The molecule has 0 aliphatic rings. The molecule has 10 heteroatoms. The van der Waals surface area contributed by atoms with Crippen molar-refractivity contribution in [2.75, 3.05) is 11.5 Å². The Labute approximate surface area is 149 Å². The lowest BCUT2D eigenvalue weighted by atomic mass is 10.2. The second-order valence-electron chi connectivity index (χ2n) is 5.40. The summed E-state index contributed by atoms with van der Waals surface area (Å²) < 4.78 is 27.1. The van der Waals surface area contributed by atoms with Crippen LogP contribution in [0.25, 0.3) is 11.2 Å². The summed E-state index contributed by atoms with van der Waals surface area (Å²) in [7, 11) is -1.41. The number of nitrogens with one attached hydrogen (secondary N) is 1. The first kappa shape index (κ1) is 17.6. The van der Waals surface area contributed by atoms with Gasteiger partial charge in [0.25, 0.3) is 0 Å². The fraction of sp³-hybridized carbons (Fsp3) is 0.267. The number of fused-ring (bicyclic) bond motifs is 1. The molecule has 0 radical (unpaired) electrons. The van der Waals surface area contributed by atoms with Gasteiger partial charge in [0.1, 0.15) is 11.3 Å². The Morgan fingerprint density at radius 1 is 1.40 bits per heavy atom. The number of anilines is 1. The van der Waals surface area contributed by atoms with Crippen molar-refractivity contribution in [3.05, 3.63) is 45.1 Å². The number of benzene rings is 1. The molecule has 0 aliphatic heterocycles. The molecule has 1 atom stereocenters. The molecular formula is C15H15ClFN5O2S.